The van der Waals surface area contributed by atoms with Crippen LogP contribution in [0.3, 0.4) is 0 Å². The Labute approximate surface area is 134 Å². The van der Waals surface area contributed by atoms with Gasteiger partial charge >= 0.3 is 5.97 Å². The normalized spacial score (nSPS) is 11.2. The van der Waals surface area contributed by atoms with Gasteiger partial charge in [0.2, 0.25) is 0 Å². The number of aliphatic carboxylic acids is 1. The van der Waals surface area contributed by atoms with E-state index in [1.54, 1.807) is 17.8 Å². The number of hydrogen-bond acceptors (Lipinski definition) is 4. The number of carbonyl (C=O) groups excluding carboxylic acids is 1. The van der Waals surface area contributed by atoms with Gasteiger partial charge in [0, 0.05) is 19.3 Å². The van der Waals surface area contributed by atoms with E-state index in [0.29, 0.717) is 34.5 Å². The van der Waals surface area contributed by atoms with Crippen LogP contribution in [-0.2, 0) is 11.8 Å². The number of aromatic nitrogens is 3. The summed E-state index contributed by atoms with van der Waals surface area (Å²) in [4.78, 5) is 29.8. The predicted octanol–water partition coefficient (Wildman–Crippen LogP) is 1.77. The number of fused-ring (bicyclic) bond motifs is 1. The Hall–Kier alpha value is -2.44. The molecule has 0 saturated heterocycles. The predicted molar refractivity (Wildman–Crippen MR) is 86.4 cm³/mol. The fourth-order valence-corrected chi connectivity index (χ4v) is 2.73. The summed E-state index contributed by atoms with van der Waals surface area (Å²) in [5.74, 6) is -1.15. The van der Waals surface area contributed by atoms with E-state index < -0.39 is 5.97 Å². The average molecular weight is 318 g/mol. The molecule has 124 valence electrons. The standard InChI is InChI=1S/C16H22N4O3/c1-9(2)7-20(8-13(21)22)16(23)12-6-10(3)17-15-14(12)11(4)18-19(15)5/h6,9H,7-8H2,1-5H3,(H,21,22). The van der Waals surface area contributed by atoms with Gasteiger partial charge in [0.25, 0.3) is 5.91 Å². The van der Waals surface area contributed by atoms with Crippen molar-refractivity contribution in [2.75, 3.05) is 13.1 Å². The molecule has 1 amide bonds. The lowest BCUT2D eigenvalue weighted by Crippen LogP contribution is -2.38. The Morgan fingerprint density at radius 3 is 2.57 bits per heavy atom. The lowest BCUT2D eigenvalue weighted by atomic mass is 10.1. The molecule has 0 aliphatic carbocycles. The molecule has 23 heavy (non-hydrogen) atoms. The van der Waals surface area contributed by atoms with Crippen LogP contribution in [0.4, 0.5) is 0 Å². The fourth-order valence-electron chi connectivity index (χ4n) is 2.73. The van der Waals surface area contributed by atoms with Crippen molar-refractivity contribution in [3.63, 3.8) is 0 Å². The van der Waals surface area contributed by atoms with Crippen molar-refractivity contribution >= 4 is 22.9 Å². The fraction of sp³-hybridized carbons (Fsp3) is 0.500. The van der Waals surface area contributed by atoms with Gasteiger partial charge in [-0.1, -0.05) is 13.8 Å². The van der Waals surface area contributed by atoms with Gasteiger partial charge in [-0.25, -0.2) is 4.98 Å². The smallest absolute Gasteiger partial charge is 0.323 e. The Bertz CT molecular complexity index is 764. The van der Waals surface area contributed by atoms with Crippen molar-refractivity contribution in [3.8, 4) is 0 Å². The van der Waals surface area contributed by atoms with Crippen molar-refractivity contribution in [2.24, 2.45) is 13.0 Å². The molecule has 0 aliphatic heterocycles. The molecule has 7 nitrogen and oxygen atoms in total. The highest BCUT2D eigenvalue weighted by molar-refractivity contribution is 6.07. The zero-order chi connectivity index (χ0) is 17.3. The maximum absolute atomic E-state index is 12.9. The van der Waals surface area contributed by atoms with Gasteiger partial charge in [-0.3, -0.25) is 14.3 Å². The van der Waals surface area contributed by atoms with Gasteiger partial charge in [0.05, 0.1) is 16.6 Å². The first-order valence-corrected chi connectivity index (χ1v) is 7.52. The van der Waals surface area contributed by atoms with Crippen LogP contribution in [0.1, 0.15) is 35.6 Å². The topological polar surface area (TPSA) is 88.3 Å². The van der Waals surface area contributed by atoms with Crippen LogP contribution in [0.5, 0.6) is 0 Å². The number of amides is 1. The Kier molecular flexibility index (Phi) is 4.68. The van der Waals surface area contributed by atoms with Crippen molar-refractivity contribution in [1.29, 1.82) is 0 Å². The van der Waals surface area contributed by atoms with Crippen LogP contribution in [-0.4, -0.2) is 49.7 Å². The number of pyridine rings is 1. The summed E-state index contributed by atoms with van der Waals surface area (Å²) in [5, 5.41) is 14.1. The van der Waals surface area contributed by atoms with Gasteiger partial charge in [0.1, 0.15) is 6.54 Å². The number of nitrogens with zero attached hydrogens (tertiary/aromatic N) is 4. The van der Waals surface area contributed by atoms with Crippen LogP contribution in [0, 0.1) is 19.8 Å². The summed E-state index contributed by atoms with van der Waals surface area (Å²) in [7, 11) is 1.78. The van der Waals surface area contributed by atoms with Crippen molar-refractivity contribution in [3.05, 3.63) is 23.0 Å². The SMILES string of the molecule is Cc1cc(C(=O)N(CC(=O)O)CC(C)C)c2c(C)nn(C)c2n1. The molecule has 7 heteroatoms. The molecule has 1 N–H and O–H groups in total. The quantitative estimate of drug-likeness (QED) is 0.907. The molecule has 0 bridgehead atoms. The summed E-state index contributed by atoms with van der Waals surface area (Å²) in [5.41, 5.74) is 2.49. The van der Waals surface area contributed by atoms with Crippen LogP contribution in [0.15, 0.2) is 6.07 Å². The van der Waals surface area contributed by atoms with Gasteiger partial charge < -0.3 is 10.0 Å². The number of hydrogen-bond donors (Lipinski definition) is 1. The molecule has 2 rings (SSSR count). The summed E-state index contributed by atoms with van der Waals surface area (Å²) in [6, 6.07) is 1.70. The summed E-state index contributed by atoms with van der Waals surface area (Å²) in [6.45, 7) is 7.59. The minimum absolute atomic E-state index is 0.173. The second kappa shape index (κ2) is 6.36. The molecule has 2 aromatic heterocycles. The van der Waals surface area contributed by atoms with Crippen LogP contribution < -0.4 is 0 Å². The second-order valence-corrected chi connectivity index (χ2v) is 6.19. The zero-order valence-electron chi connectivity index (χ0n) is 14.1. The highest BCUT2D eigenvalue weighted by Crippen LogP contribution is 2.23. The Morgan fingerprint density at radius 1 is 1.35 bits per heavy atom. The van der Waals surface area contributed by atoms with Crippen molar-refractivity contribution in [2.45, 2.75) is 27.7 Å². The third-order valence-electron chi connectivity index (χ3n) is 3.53. The number of rotatable bonds is 5. The molecular weight excluding hydrogens is 296 g/mol. The monoisotopic (exact) mass is 318 g/mol. The van der Waals surface area contributed by atoms with Crippen LogP contribution in [0.2, 0.25) is 0 Å². The van der Waals surface area contributed by atoms with Gasteiger partial charge in [-0.15, -0.1) is 0 Å². The zero-order valence-corrected chi connectivity index (χ0v) is 14.1. The van der Waals surface area contributed by atoms with Gasteiger partial charge in [-0.05, 0) is 25.8 Å². The van der Waals surface area contributed by atoms with E-state index in [0.717, 1.165) is 0 Å². The number of aryl methyl sites for hydroxylation is 3. The molecule has 0 unspecified atom stereocenters. The molecule has 0 saturated carbocycles. The van der Waals surface area contributed by atoms with Crippen molar-refractivity contribution in [1.82, 2.24) is 19.7 Å². The minimum Gasteiger partial charge on any atom is -0.480 e. The lowest BCUT2D eigenvalue weighted by molar-refractivity contribution is -0.137. The molecule has 0 aromatic carbocycles. The van der Waals surface area contributed by atoms with Gasteiger partial charge in [-0.2, -0.15) is 5.10 Å². The minimum atomic E-state index is -1.02. The molecule has 0 fully saturated rings. The number of carbonyl (C=O) groups is 2. The third kappa shape index (κ3) is 3.49. The number of carboxylic acid groups (broad SMARTS) is 1. The van der Waals surface area contributed by atoms with E-state index in [9.17, 15) is 9.59 Å². The van der Waals surface area contributed by atoms with Crippen LogP contribution in [0.25, 0.3) is 11.0 Å². The molecule has 0 spiro atoms. The molecule has 2 aromatic rings. The van der Waals surface area contributed by atoms with E-state index in [-0.39, 0.29) is 18.4 Å². The molecule has 0 aliphatic rings. The van der Waals surface area contributed by atoms with E-state index in [1.807, 2.05) is 27.7 Å². The Balaban J connectivity index is 2.56. The third-order valence-corrected chi connectivity index (χ3v) is 3.53. The van der Waals surface area contributed by atoms with Crippen LogP contribution >= 0.6 is 0 Å². The largest absolute Gasteiger partial charge is 0.480 e. The maximum Gasteiger partial charge on any atom is 0.323 e. The molecule has 2 heterocycles. The first-order valence-electron chi connectivity index (χ1n) is 7.52. The van der Waals surface area contributed by atoms with Crippen molar-refractivity contribution < 1.29 is 14.7 Å². The summed E-state index contributed by atoms with van der Waals surface area (Å²) < 4.78 is 1.64. The molecule has 0 atom stereocenters. The van der Waals surface area contributed by atoms with E-state index >= 15 is 0 Å². The lowest BCUT2D eigenvalue weighted by Gasteiger charge is -2.23. The Morgan fingerprint density at radius 2 is 2.00 bits per heavy atom. The highest BCUT2D eigenvalue weighted by atomic mass is 16.4. The van der Waals surface area contributed by atoms with E-state index in [4.69, 9.17) is 5.11 Å². The van der Waals surface area contributed by atoms with Gasteiger partial charge in [0.15, 0.2) is 5.65 Å². The maximum atomic E-state index is 12.9. The molecular formula is C16H22N4O3. The first kappa shape index (κ1) is 16.9. The summed E-state index contributed by atoms with van der Waals surface area (Å²) in [6.07, 6.45) is 0. The number of carboxylic acids is 1. The second-order valence-electron chi connectivity index (χ2n) is 6.19. The summed E-state index contributed by atoms with van der Waals surface area (Å²) >= 11 is 0. The average Bonchev–Trinajstić information content (AvgIpc) is 2.70. The highest BCUT2D eigenvalue weighted by Gasteiger charge is 2.24. The first-order chi connectivity index (χ1) is 10.7. The van der Waals surface area contributed by atoms with E-state index in [1.165, 1.54) is 4.90 Å². The molecule has 0 radical (unpaired) electrons. The van der Waals surface area contributed by atoms with E-state index in [2.05, 4.69) is 10.1 Å².